The van der Waals surface area contributed by atoms with E-state index >= 15 is 0 Å². The summed E-state index contributed by atoms with van der Waals surface area (Å²) < 4.78 is 0. The van der Waals surface area contributed by atoms with Crippen molar-refractivity contribution in [2.24, 2.45) is 4.99 Å². The van der Waals surface area contributed by atoms with Gasteiger partial charge >= 0.3 is 5.69 Å². The number of nitrogens with zero attached hydrogens (tertiary/aromatic N) is 3. The molecule has 0 amide bonds. The van der Waals surface area contributed by atoms with Crippen molar-refractivity contribution in [1.29, 1.82) is 0 Å². The molecule has 0 bridgehead atoms. The van der Waals surface area contributed by atoms with Crippen molar-refractivity contribution in [2.45, 2.75) is 0 Å². The highest BCUT2D eigenvalue weighted by Gasteiger charge is 2.18. The Bertz CT molecular complexity index is 683. The zero-order chi connectivity index (χ0) is 14.5. The van der Waals surface area contributed by atoms with Gasteiger partial charge in [-0.05, 0) is 11.6 Å². The lowest BCUT2D eigenvalue weighted by molar-refractivity contribution is -0.393. The Kier molecular flexibility index (Phi) is 3.80. The molecule has 7 nitrogen and oxygen atoms in total. The molecular formula is C13H9N3O4. The van der Waals surface area contributed by atoms with E-state index in [-0.39, 0.29) is 11.4 Å². The second-order valence-electron chi connectivity index (χ2n) is 3.86. The quantitative estimate of drug-likeness (QED) is 0.484. The maximum Gasteiger partial charge on any atom is 0.301 e. The summed E-state index contributed by atoms with van der Waals surface area (Å²) >= 11 is 0. The summed E-state index contributed by atoms with van der Waals surface area (Å²) in [5.74, 6) is 0. The molecule has 2 rings (SSSR count). The normalized spacial score (nSPS) is 10.6. The Hall–Kier alpha value is -3.09. The highest BCUT2D eigenvalue weighted by molar-refractivity contribution is 5.83. The molecule has 0 N–H and O–H groups in total. The lowest BCUT2D eigenvalue weighted by Crippen LogP contribution is -1.93. The van der Waals surface area contributed by atoms with Gasteiger partial charge in [0.2, 0.25) is 0 Å². The molecular weight excluding hydrogens is 262 g/mol. The molecule has 0 saturated carbocycles. The van der Waals surface area contributed by atoms with Gasteiger partial charge in [-0.3, -0.25) is 20.2 Å². The molecule has 7 heteroatoms. The van der Waals surface area contributed by atoms with Crippen molar-refractivity contribution in [3.8, 4) is 0 Å². The van der Waals surface area contributed by atoms with Gasteiger partial charge in [0, 0.05) is 12.3 Å². The van der Waals surface area contributed by atoms with Crippen LogP contribution < -0.4 is 0 Å². The van der Waals surface area contributed by atoms with Gasteiger partial charge in [-0.2, -0.15) is 0 Å². The number of benzene rings is 2. The smallest absolute Gasteiger partial charge is 0.258 e. The van der Waals surface area contributed by atoms with Crippen LogP contribution in [0.3, 0.4) is 0 Å². The molecule has 20 heavy (non-hydrogen) atoms. The number of nitro groups is 2. The predicted molar refractivity (Wildman–Crippen MR) is 73.4 cm³/mol. The van der Waals surface area contributed by atoms with E-state index in [2.05, 4.69) is 4.99 Å². The van der Waals surface area contributed by atoms with Crippen molar-refractivity contribution in [3.05, 3.63) is 74.3 Å². The van der Waals surface area contributed by atoms with Crippen LogP contribution >= 0.6 is 0 Å². The number of rotatable bonds is 4. The lowest BCUT2D eigenvalue weighted by atomic mass is 10.2. The average Bonchev–Trinajstić information content (AvgIpc) is 2.45. The van der Waals surface area contributed by atoms with Crippen molar-refractivity contribution >= 4 is 23.3 Å². The number of hydrogen-bond acceptors (Lipinski definition) is 5. The first-order valence-corrected chi connectivity index (χ1v) is 5.60. The second kappa shape index (κ2) is 5.70. The Morgan fingerprint density at radius 2 is 1.65 bits per heavy atom. The maximum atomic E-state index is 10.9. The van der Waals surface area contributed by atoms with Gasteiger partial charge in [-0.15, -0.1) is 0 Å². The minimum Gasteiger partial charge on any atom is -0.258 e. The highest BCUT2D eigenvalue weighted by Crippen LogP contribution is 2.31. The Morgan fingerprint density at radius 3 is 2.25 bits per heavy atom. The van der Waals surface area contributed by atoms with Gasteiger partial charge in [0.05, 0.1) is 15.9 Å². The fourth-order valence-electron chi connectivity index (χ4n) is 1.56. The fourth-order valence-corrected chi connectivity index (χ4v) is 1.56. The van der Waals surface area contributed by atoms with Crippen molar-refractivity contribution in [3.63, 3.8) is 0 Å². The largest absolute Gasteiger partial charge is 0.301 e. The maximum absolute atomic E-state index is 10.9. The van der Waals surface area contributed by atoms with E-state index in [1.165, 1.54) is 18.3 Å². The number of nitro benzene ring substituents is 2. The Labute approximate surface area is 113 Å². The average molecular weight is 271 g/mol. The van der Waals surface area contributed by atoms with Crippen LogP contribution in [0.4, 0.5) is 17.1 Å². The summed E-state index contributed by atoms with van der Waals surface area (Å²) in [6, 6.07) is 12.4. The number of hydrogen-bond donors (Lipinski definition) is 0. The van der Waals surface area contributed by atoms with Crippen molar-refractivity contribution in [2.75, 3.05) is 0 Å². The first kappa shape index (κ1) is 13.3. The zero-order valence-electron chi connectivity index (χ0n) is 10.2. The molecule has 0 heterocycles. The molecule has 0 aliphatic rings. The van der Waals surface area contributed by atoms with Gasteiger partial charge < -0.3 is 0 Å². The fraction of sp³-hybridized carbons (Fsp3) is 0. The van der Waals surface area contributed by atoms with Crippen LogP contribution in [0.25, 0.3) is 0 Å². The Balaban J connectivity index is 2.39. The molecule has 0 aliphatic heterocycles. The van der Waals surface area contributed by atoms with E-state index in [9.17, 15) is 20.2 Å². The van der Waals surface area contributed by atoms with Gasteiger partial charge in [0.25, 0.3) is 5.69 Å². The van der Waals surface area contributed by atoms with Gasteiger partial charge in [0.15, 0.2) is 0 Å². The standard InChI is InChI=1S/C13H9N3O4/c17-15(18)11-6-7-12(13(8-11)16(19)20)14-9-10-4-2-1-3-5-10/h1-9H. The molecule has 100 valence electrons. The molecule has 0 radical (unpaired) electrons. The zero-order valence-corrected chi connectivity index (χ0v) is 10.2. The minimum absolute atomic E-state index is 0.0736. The number of non-ortho nitro benzene ring substituents is 1. The summed E-state index contributed by atoms with van der Waals surface area (Å²) in [5.41, 5.74) is 0.117. The van der Waals surface area contributed by atoms with Gasteiger partial charge in [-0.25, -0.2) is 4.99 Å². The van der Waals surface area contributed by atoms with E-state index in [4.69, 9.17) is 0 Å². The van der Waals surface area contributed by atoms with Crippen LogP contribution in [0.5, 0.6) is 0 Å². The van der Waals surface area contributed by atoms with Crippen LogP contribution in [0.2, 0.25) is 0 Å². The molecule has 0 fully saturated rings. The van der Waals surface area contributed by atoms with Gasteiger partial charge in [-0.1, -0.05) is 30.3 Å². The van der Waals surface area contributed by atoms with E-state index in [1.807, 2.05) is 18.2 Å². The second-order valence-corrected chi connectivity index (χ2v) is 3.86. The van der Waals surface area contributed by atoms with Crippen molar-refractivity contribution in [1.82, 2.24) is 0 Å². The first-order valence-electron chi connectivity index (χ1n) is 5.60. The monoisotopic (exact) mass is 271 g/mol. The summed E-state index contributed by atoms with van der Waals surface area (Å²) in [4.78, 5) is 24.2. The Morgan fingerprint density at radius 1 is 0.950 bits per heavy atom. The molecule has 0 spiro atoms. The SMILES string of the molecule is O=[N+]([O-])c1ccc(N=Cc2ccccc2)c([N+](=O)[O-])c1. The summed E-state index contributed by atoms with van der Waals surface area (Å²) in [5, 5.41) is 21.5. The lowest BCUT2D eigenvalue weighted by Gasteiger charge is -1.97. The summed E-state index contributed by atoms with van der Waals surface area (Å²) in [6.07, 6.45) is 1.47. The summed E-state index contributed by atoms with van der Waals surface area (Å²) in [7, 11) is 0. The first-order chi connectivity index (χ1) is 9.58. The van der Waals surface area contributed by atoms with Crippen LogP contribution in [-0.2, 0) is 0 Å². The van der Waals surface area contributed by atoms with Crippen molar-refractivity contribution < 1.29 is 9.85 Å². The summed E-state index contributed by atoms with van der Waals surface area (Å²) in [6.45, 7) is 0. The van der Waals surface area contributed by atoms with E-state index in [0.717, 1.165) is 11.6 Å². The third-order valence-corrected chi connectivity index (χ3v) is 2.52. The van der Waals surface area contributed by atoms with Crippen LogP contribution in [0.15, 0.2) is 53.5 Å². The third kappa shape index (κ3) is 3.02. The molecule has 0 saturated heterocycles. The molecule has 0 atom stereocenters. The topological polar surface area (TPSA) is 98.6 Å². The van der Waals surface area contributed by atoms with Gasteiger partial charge in [0.1, 0.15) is 5.69 Å². The number of aliphatic imine (C=N–C) groups is 1. The van der Waals surface area contributed by atoms with Crippen LogP contribution in [0.1, 0.15) is 5.56 Å². The van der Waals surface area contributed by atoms with Crippen LogP contribution in [-0.4, -0.2) is 16.1 Å². The van der Waals surface area contributed by atoms with Crippen LogP contribution in [0, 0.1) is 20.2 Å². The molecule has 0 unspecified atom stereocenters. The predicted octanol–water partition coefficient (Wildman–Crippen LogP) is 3.25. The molecule has 0 aromatic heterocycles. The van der Waals surface area contributed by atoms with E-state index < -0.39 is 15.5 Å². The highest BCUT2D eigenvalue weighted by atomic mass is 16.6. The molecule has 2 aromatic carbocycles. The third-order valence-electron chi connectivity index (χ3n) is 2.52. The van der Waals surface area contributed by atoms with E-state index in [1.54, 1.807) is 12.1 Å². The van der Waals surface area contributed by atoms with E-state index in [0.29, 0.717) is 0 Å². The molecule has 0 aliphatic carbocycles. The molecule has 2 aromatic rings. The minimum atomic E-state index is -0.690.